The van der Waals surface area contributed by atoms with Crippen LogP contribution in [-0.2, 0) is 29.6 Å². The summed E-state index contributed by atoms with van der Waals surface area (Å²) in [5, 5.41) is 24.7. The number of nitrogens with zero attached hydrogens (tertiary/aromatic N) is 2. The maximum atomic E-state index is 12.4. The van der Waals surface area contributed by atoms with Gasteiger partial charge in [-0.15, -0.1) is 0 Å². The Kier molecular flexibility index (Phi) is 20.2. The van der Waals surface area contributed by atoms with Gasteiger partial charge in [-0.1, -0.05) is 11.5 Å². The van der Waals surface area contributed by atoms with E-state index in [-0.39, 0.29) is 47.5 Å². The molecule has 2 aliphatic heterocycles. The fourth-order valence-electron chi connectivity index (χ4n) is 5.03. The molecule has 9 heteroatoms. The van der Waals surface area contributed by atoms with Crippen LogP contribution < -0.4 is 10.2 Å². The molecule has 0 aliphatic carbocycles. The van der Waals surface area contributed by atoms with E-state index >= 15 is 0 Å². The second-order valence-corrected chi connectivity index (χ2v) is 19.7. The van der Waals surface area contributed by atoms with Crippen molar-refractivity contribution in [1.29, 1.82) is 0 Å². The molecule has 0 aromatic heterocycles. The van der Waals surface area contributed by atoms with Gasteiger partial charge in [0.1, 0.15) is 0 Å². The van der Waals surface area contributed by atoms with Crippen molar-refractivity contribution < 1.29 is 39.8 Å². The van der Waals surface area contributed by atoms with Crippen molar-refractivity contribution in [3.8, 4) is 0 Å². The molecule has 241 valence electrons. The Bertz CT molecular complexity index is 805. The van der Waals surface area contributed by atoms with E-state index in [4.69, 9.17) is 9.47 Å². The van der Waals surface area contributed by atoms with Gasteiger partial charge in [-0.3, -0.25) is 9.98 Å². The number of ether oxygens (including phenoxy) is 2. The molecular weight excluding hydrogens is 637 g/mol. The second-order valence-electron chi connectivity index (χ2n) is 12.4. The SMILES string of the molecule is CC1(C)OC(C)(C)C(C=NCCN=CC2=C([O-])C(C)(C)OC2(C)C)=C1[O-].CC[PH+](CC)CC.CC[PH+](CC)CC.[99Tc]. The third kappa shape index (κ3) is 13.6. The van der Waals surface area contributed by atoms with E-state index in [0.717, 1.165) is 0 Å². The number of aliphatic imine (C=N–C) groups is 2. The summed E-state index contributed by atoms with van der Waals surface area (Å²) in [6, 6.07) is 0. The first-order valence-electron chi connectivity index (χ1n) is 15.3. The largest absolute Gasteiger partial charge is 0.873 e. The Morgan fingerprint density at radius 1 is 0.537 bits per heavy atom. The summed E-state index contributed by atoms with van der Waals surface area (Å²) >= 11 is 0. The van der Waals surface area contributed by atoms with Crippen LogP contribution in [0.5, 0.6) is 0 Å². The zero-order valence-corrected chi connectivity index (χ0v) is 32.6. The van der Waals surface area contributed by atoms with Gasteiger partial charge in [0, 0.05) is 32.5 Å². The molecule has 1 radical (unpaired) electrons. The first-order chi connectivity index (χ1) is 18.4. The van der Waals surface area contributed by atoms with Gasteiger partial charge in [-0.2, -0.15) is 0 Å². The Morgan fingerprint density at radius 2 is 0.780 bits per heavy atom. The molecule has 0 spiro atoms. The van der Waals surface area contributed by atoms with Gasteiger partial charge in [-0.05, 0) is 124 Å². The van der Waals surface area contributed by atoms with E-state index < -0.39 is 22.4 Å². The average molecular weight is 700 g/mol. The number of hydrogen-bond acceptors (Lipinski definition) is 6. The smallest absolute Gasteiger partial charge is 0.0893 e. The van der Waals surface area contributed by atoms with Gasteiger partial charge in [0.2, 0.25) is 0 Å². The van der Waals surface area contributed by atoms with Gasteiger partial charge >= 0.3 is 0 Å². The summed E-state index contributed by atoms with van der Waals surface area (Å²) in [6.07, 6.45) is 11.9. The van der Waals surface area contributed by atoms with E-state index in [1.54, 1.807) is 40.1 Å². The molecule has 2 aliphatic rings. The van der Waals surface area contributed by atoms with Crippen LogP contribution >= 0.6 is 15.8 Å². The van der Waals surface area contributed by atoms with Crippen LogP contribution in [0.2, 0.25) is 0 Å². The molecule has 0 N–H and O–H groups in total. The minimum absolute atomic E-state index is 0. The summed E-state index contributed by atoms with van der Waals surface area (Å²) in [4.78, 5) is 8.62. The molecule has 0 fully saturated rings. The van der Waals surface area contributed by atoms with Crippen molar-refractivity contribution in [2.45, 2.75) is 119 Å². The Balaban J connectivity index is 0. The van der Waals surface area contributed by atoms with E-state index in [1.165, 1.54) is 37.0 Å². The molecule has 2 heterocycles. The van der Waals surface area contributed by atoms with E-state index in [9.17, 15) is 10.2 Å². The van der Waals surface area contributed by atoms with Gasteiger partial charge < -0.3 is 19.7 Å². The Labute approximate surface area is 269 Å². The summed E-state index contributed by atoms with van der Waals surface area (Å²) in [6.45, 7) is 29.2. The monoisotopic (exact) mass is 699 g/mol. The van der Waals surface area contributed by atoms with Gasteiger partial charge in [0.25, 0.3) is 0 Å². The average Bonchev–Trinajstić information content (AvgIpc) is 3.12. The van der Waals surface area contributed by atoms with Crippen LogP contribution in [0, 0.1) is 0 Å². The van der Waals surface area contributed by atoms with E-state index in [1.807, 2.05) is 27.7 Å². The molecule has 0 unspecified atom stereocenters. The molecule has 0 amide bonds. The molecule has 0 bridgehead atoms. The summed E-state index contributed by atoms with van der Waals surface area (Å²) in [5.74, 6) is -0.0778. The van der Waals surface area contributed by atoms with Gasteiger partial charge in [0.05, 0.1) is 72.5 Å². The molecule has 6 nitrogen and oxygen atoms in total. The first kappa shape index (κ1) is 43.0. The standard InChI is InChI=1S/C20H32N2O4.2C6H15P.Tc/c1-17(2)13(15(23)19(5,6)25-17)11-21-9-10-22-12-14-16(24)20(7,8)26-18(14,3)4;2*1-4-7(5-2)6-3;/h11-12,23-24H,9-10H2,1-8H3;2*4-6H2,1-3H3;/i;;;1+1. The Morgan fingerprint density at radius 3 is 0.927 bits per heavy atom. The summed E-state index contributed by atoms with van der Waals surface area (Å²) in [7, 11) is 0.275. The molecule has 0 aromatic rings. The zero-order chi connectivity index (χ0) is 31.4. The molecule has 0 atom stereocenters. The summed E-state index contributed by atoms with van der Waals surface area (Å²) < 4.78 is 11.6. The first-order valence-corrected chi connectivity index (χ1v) is 19.6. The van der Waals surface area contributed by atoms with Crippen LogP contribution in [0.25, 0.3) is 0 Å². The number of hydrogen-bond donors (Lipinski definition) is 0. The molecule has 41 heavy (non-hydrogen) atoms. The van der Waals surface area contributed by atoms with E-state index in [2.05, 4.69) is 51.5 Å². The van der Waals surface area contributed by atoms with Crippen molar-refractivity contribution in [3.63, 3.8) is 0 Å². The van der Waals surface area contributed by atoms with Crippen molar-refractivity contribution in [2.24, 2.45) is 9.98 Å². The zero-order valence-electron chi connectivity index (χ0n) is 28.7. The molecule has 0 saturated carbocycles. The van der Waals surface area contributed by atoms with Crippen molar-refractivity contribution >= 4 is 28.3 Å². The maximum Gasteiger partial charge on any atom is 0.0893 e. The topological polar surface area (TPSA) is 89.3 Å². The quantitative estimate of drug-likeness (QED) is 0.149. The third-order valence-corrected chi connectivity index (χ3v) is 13.7. The maximum absolute atomic E-state index is 12.4. The molecular formula is C32H62N2O4P2Tc. The van der Waals surface area contributed by atoms with Crippen LogP contribution in [0.4, 0.5) is 0 Å². The van der Waals surface area contributed by atoms with Crippen LogP contribution in [-0.4, -0.2) is 84.9 Å². The van der Waals surface area contributed by atoms with Crippen LogP contribution in [0.1, 0.15) is 96.9 Å². The fraction of sp³-hybridized carbons (Fsp3) is 0.812. The third-order valence-electron chi connectivity index (χ3n) is 7.70. The molecule has 2 rings (SSSR count). The predicted molar refractivity (Wildman–Crippen MR) is 179 cm³/mol. The van der Waals surface area contributed by atoms with Crippen molar-refractivity contribution in [2.75, 3.05) is 50.1 Å². The van der Waals surface area contributed by atoms with E-state index in [0.29, 0.717) is 24.2 Å². The van der Waals surface area contributed by atoms with Crippen molar-refractivity contribution in [1.82, 2.24) is 0 Å². The van der Waals surface area contributed by atoms with Crippen LogP contribution in [0.3, 0.4) is 0 Å². The van der Waals surface area contributed by atoms with Crippen molar-refractivity contribution in [3.05, 3.63) is 22.7 Å². The fourth-order valence-corrected chi connectivity index (χ4v) is 8.03. The minimum Gasteiger partial charge on any atom is -0.873 e. The Hall–Kier alpha value is -0.151. The molecule has 0 aromatic carbocycles. The number of rotatable bonds is 11. The predicted octanol–water partition coefficient (Wildman–Crippen LogP) is 6.05. The molecule has 0 saturated heterocycles. The summed E-state index contributed by atoms with van der Waals surface area (Å²) in [5.41, 5.74) is -1.79. The second kappa shape index (κ2) is 19.3. The normalized spacial score (nSPS) is 20.4. The van der Waals surface area contributed by atoms with Crippen LogP contribution in [0.15, 0.2) is 32.6 Å². The van der Waals surface area contributed by atoms with Gasteiger partial charge in [0.15, 0.2) is 0 Å². The minimum atomic E-state index is -0.819. The van der Waals surface area contributed by atoms with Gasteiger partial charge in [-0.25, -0.2) is 0 Å².